The summed E-state index contributed by atoms with van der Waals surface area (Å²) in [4.78, 5) is 13.8. The number of para-hydroxylation sites is 1. The van der Waals surface area contributed by atoms with Crippen molar-refractivity contribution in [1.82, 2.24) is 9.03 Å². The average Bonchev–Trinajstić information content (AvgIpc) is 2.88. The van der Waals surface area contributed by atoms with Crippen LogP contribution in [0.4, 0.5) is 5.69 Å². The number of anilines is 1. The van der Waals surface area contributed by atoms with Crippen molar-refractivity contribution in [3.8, 4) is 0 Å². The molecule has 1 amide bonds. The van der Waals surface area contributed by atoms with Crippen LogP contribution in [0.3, 0.4) is 0 Å². The van der Waals surface area contributed by atoms with E-state index in [2.05, 4.69) is 11.6 Å². The summed E-state index contributed by atoms with van der Waals surface area (Å²) >= 11 is 0. The zero-order chi connectivity index (χ0) is 16.4. The summed E-state index contributed by atoms with van der Waals surface area (Å²) in [5.41, 5.74) is 0.811. The average molecular weight is 337 g/mol. The van der Waals surface area contributed by atoms with Gasteiger partial charge in [-0.05, 0) is 30.9 Å². The normalized spacial score (nSPS) is 24.3. The van der Waals surface area contributed by atoms with E-state index >= 15 is 0 Å². The lowest BCUT2D eigenvalue weighted by Gasteiger charge is -2.30. The van der Waals surface area contributed by atoms with Crippen molar-refractivity contribution in [2.24, 2.45) is 5.92 Å². The van der Waals surface area contributed by atoms with Crippen molar-refractivity contribution in [3.05, 3.63) is 30.3 Å². The molecule has 0 aliphatic carbocycles. The SMILES string of the molecule is CC1CCN(S(=O)(=O)NC2CC(=O)N(c3ccccc3)C2)CC1. The summed E-state index contributed by atoms with van der Waals surface area (Å²) < 4.78 is 29.2. The van der Waals surface area contributed by atoms with Crippen LogP contribution in [0.25, 0.3) is 0 Å². The maximum absolute atomic E-state index is 12.5. The van der Waals surface area contributed by atoms with Crippen LogP contribution in [0.5, 0.6) is 0 Å². The third kappa shape index (κ3) is 3.73. The van der Waals surface area contributed by atoms with E-state index in [1.165, 1.54) is 4.31 Å². The lowest BCUT2D eigenvalue weighted by Crippen LogP contribution is -2.48. The molecule has 1 N–H and O–H groups in total. The fraction of sp³-hybridized carbons (Fsp3) is 0.562. The topological polar surface area (TPSA) is 69.7 Å². The third-order valence-corrected chi connectivity index (χ3v) is 6.27. The first-order valence-electron chi connectivity index (χ1n) is 8.08. The number of amides is 1. The molecular formula is C16H23N3O3S. The Balaban J connectivity index is 1.64. The molecule has 2 aliphatic rings. The predicted octanol–water partition coefficient (Wildman–Crippen LogP) is 1.36. The molecule has 0 radical (unpaired) electrons. The summed E-state index contributed by atoms with van der Waals surface area (Å²) in [5.74, 6) is 0.527. The number of carbonyl (C=O) groups excluding carboxylic acids is 1. The molecule has 2 aliphatic heterocycles. The Bertz CT molecular complexity index is 654. The number of rotatable bonds is 4. The van der Waals surface area contributed by atoms with Gasteiger partial charge in [-0.25, -0.2) is 0 Å². The van der Waals surface area contributed by atoms with Gasteiger partial charge >= 0.3 is 0 Å². The highest BCUT2D eigenvalue weighted by atomic mass is 32.2. The standard InChI is InChI=1S/C16H23N3O3S/c1-13-7-9-18(10-8-13)23(21,22)17-14-11-16(20)19(12-14)15-5-3-2-4-6-15/h2-6,13-14,17H,7-12H2,1H3. The smallest absolute Gasteiger partial charge is 0.279 e. The first kappa shape index (κ1) is 16.4. The second-order valence-electron chi connectivity index (χ2n) is 6.45. The van der Waals surface area contributed by atoms with Crippen LogP contribution in [0.1, 0.15) is 26.2 Å². The zero-order valence-corrected chi connectivity index (χ0v) is 14.1. The van der Waals surface area contributed by atoms with Crippen molar-refractivity contribution in [1.29, 1.82) is 0 Å². The Morgan fingerprint density at radius 2 is 1.78 bits per heavy atom. The van der Waals surface area contributed by atoms with Crippen molar-refractivity contribution in [3.63, 3.8) is 0 Å². The minimum absolute atomic E-state index is 0.0452. The summed E-state index contributed by atoms with van der Waals surface area (Å²) in [6.45, 7) is 3.64. The van der Waals surface area contributed by atoms with Gasteiger partial charge in [0.25, 0.3) is 10.2 Å². The molecule has 0 spiro atoms. The molecule has 1 aromatic rings. The van der Waals surface area contributed by atoms with E-state index in [4.69, 9.17) is 0 Å². The van der Waals surface area contributed by atoms with Crippen molar-refractivity contribution in [2.45, 2.75) is 32.2 Å². The first-order chi connectivity index (χ1) is 11.0. The Morgan fingerprint density at radius 3 is 2.43 bits per heavy atom. The third-order valence-electron chi connectivity index (χ3n) is 4.59. The van der Waals surface area contributed by atoms with Gasteiger partial charge in [0, 0.05) is 37.8 Å². The van der Waals surface area contributed by atoms with Gasteiger partial charge in [0.15, 0.2) is 0 Å². The number of nitrogens with zero attached hydrogens (tertiary/aromatic N) is 2. The molecule has 7 heteroatoms. The highest BCUT2D eigenvalue weighted by Crippen LogP contribution is 2.23. The fourth-order valence-corrected chi connectivity index (χ4v) is 4.57. The van der Waals surface area contributed by atoms with E-state index in [0.717, 1.165) is 18.5 Å². The summed E-state index contributed by atoms with van der Waals surface area (Å²) in [6.07, 6.45) is 1.99. The molecule has 2 fully saturated rings. The lowest BCUT2D eigenvalue weighted by molar-refractivity contribution is -0.117. The van der Waals surface area contributed by atoms with Gasteiger partial charge in [0.2, 0.25) is 5.91 Å². The van der Waals surface area contributed by atoms with Crippen LogP contribution < -0.4 is 9.62 Å². The number of nitrogens with one attached hydrogen (secondary N) is 1. The highest BCUT2D eigenvalue weighted by molar-refractivity contribution is 7.87. The maximum atomic E-state index is 12.5. The summed E-state index contributed by atoms with van der Waals surface area (Å²) in [7, 11) is -3.51. The van der Waals surface area contributed by atoms with Crippen LogP contribution in [0.15, 0.2) is 30.3 Å². The molecule has 6 nitrogen and oxygen atoms in total. The molecule has 2 heterocycles. The Kier molecular flexibility index (Phi) is 4.70. The van der Waals surface area contributed by atoms with Gasteiger partial charge in [-0.15, -0.1) is 0 Å². The minimum Gasteiger partial charge on any atom is -0.311 e. The Labute approximate surface area is 137 Å². The monoisotopic (exact) mass is 337 g/mol. The molecule has 126 valence electrons. The lowest BCUT2D eigenvalue weighted by atomic mass is 10.0. The van der Waals surface area contributed by atoms with Gasteiger partial charge in [-0.2, -0.15) is 17.4 Å². The second kappa shape index (κ2) is 6.59. The zero-order valence-electron chi connectivity index (χ0n) is 13.3. The second-order valence-corrected chi connectivity index (χ2v) is 8.15. The Hall–Kier alpha value is -1.44. The largest absolute Gasteiger partial charge is 0.311 e. The van der Waals surface area contributed by atoms with Crippen molar-refractivity contribution < 1.29 is 13.2 Å². The van der Waals surface area contributed by atoms with Gasteiger partial charge in [-0.3, -0.25) is 4.79 Å². The van der Waals surface area contributed by atoms with E-state index in [1.54, 1.807) is 4.90 Å². The van der Waals surface area contributed by atoms with E-state index < -0.39 is 10.2 Å². The molecule has 23 heavy (non-hydrogen) atoms. The number of carbonyl (C=O) groups is 1. The van der Waals surface area contributed by atoms with Gasteiger partial charge in [0.05, 0.1) is 0 Å². The van der Waals surface area contributed by atoms with Gasteiger partial charge in [-0.1, -0.05) is 25.1 Å². The van der Waals surface area contributed by atoms with Crippen LogP contribution in [0, 0.1) is 5.92 Å². The number of hydrogen-bond acceptors (Lipinski definition) is 3. The van der Waals surface area contributed by atoms with E-state index in [1.807, 2.05) is 30.3 Å². The number of benzene rings is 1. The van der Waals surface area contributed by atoms with Crippen LogP contribution in [-0.4, -0.2) is 44.3 Å². The Morgan fingerprint density at radius 1 is 1.13 bits per heavy atom. The molecule has 0 saturated carbocycles. The van der Waals surface area contributed by atoms with Crippen LogP contribution >= 0.6 is 0 Å². The molecule has 1 atom stereocenters. The number of hydrogen-bond donors (Lipinski definition) is 1. The maximum Gasteiger partial charge on any atom is 0.279 e. The van der Waals surface area contributed by atoms with Crippen molar-refractivity contribution >= 4 is 21.8 Å². The van der Waals surface area contributed by atoms with Gasteiger partial charge in [0.1, 0.15) is 0 Å². The molecule has 0 aromatic heterocycles. The highest BCUT2D eigenvalue weighted by Gasteiger charge is 2.35. The summed E-state index contributed by atoms with van der Waals surface area (Å²) in [6, 6.07) is 8.99. The predicted molar refractivity (Wildman–Crippen MR) is 89.2 cm³/mol. The molecule has 3 rings (SSSR count). The van der Waals surface area contributed by atoms with Gasteiger partial charge < -0.3 is 4.90 Å². The molecule has 1 unspecified atom stereocenters. The van der Waals surface area contributed by atoms with E-state index in [-0.39, 0.29) is 18.4 Å². The van der Waals surface area contributed by atoms with Crippen LogP contribution in [0.2, 0.25) is 0 Å². The molecule has 0 bridgehead atoms. The van der Waals surface area contributed by atoms with E-state index in [9.17, 15) is 13.2 Å². The molecule has 1 aromatic carbocycles. The molecular weight excluding hydrogens is 314 g/mol. The molecule has 2 saturated heterocycles. The van der Waals surface area contributed by atoms with E-state index in [0.29, 0.717) is 25.6 Å². The number of piperidine rings is 1. The minimum atomic E-state index is -3.51. The quantitative estimate of drug-likeness (QED) is 0.902. The summed E-state index contributed by atoms with van der Waals surface area (Å²) in [5, 5.41) is 0. The first-order valence-corrected chi connectivity index (χ1v) is 9.52. The van der Waals surface area contributed by atoms with Crippen LogP contribution in [-0.2, 0) is 15.0 Å². The van der Waals surface area contributed by atoms with Crippen molar-refractivity contribution in [2.75, 3.05) is 24.5 Å². The fourth-order valence-electron chi connectivity index (χ4n) is 3.15.